The van der Waals surface area contributed by atoms with E-state index < -0.39 is 0 Å². The SMILES string of the molecule is Cc1ccc(/C=C\C(=O)n2nc(C)cc2C)cc1. The Morgan fingerprint density at radius 2 is 1.83 bits per heavy atom. The molecule has 92 valence electrons. The summed E-state index contributed by atoms with van der Waals surface area (Å²) in [6.45, 7) is 5.78. The van der Waals surface area contributed by atoms with Crippen LogP contribution in [0.5, 0.6) is 0 Å². The predicted octanol–water partition coefficient (Wildman–Crippen LogP) is 3.16. The third kappa shape index (κ3) is 2.74. The monoisotopic (exact) mass is 240 g/mol. The summed E-state index contributed by atoms with van der Waals surface area (Å²) in [5.41, 5.74) is 3.92. The first-order chi connectivity index (χ1) is 8.56. The number of rotatable bonds is 2. The standard InChI is InChI=1S/C15H16N2O/c1-11-4-6-14(7-5-11)8-9-15(18)17-13(3)10-12(2)16-17/h4-10H,1-3H3/b9-8-. The molecule has 0 atom stereocenters. The minimum absolute atomic E-state index is 0.124. The summed E-state index contributed by atoms with van der Waals surface area (Å²) in [6, 6.07) is 9.90. The second kappa shape index (κ2) is 5.00. The minimum Gasteiger partial charge on any atom is -0.267 e. The lowest BCUT2D eigenvalue weighted by atomic mass is 10.1. The van der Waals surface area contributed by atoms with Crippen molar-refractivity contribution in [1.82, 2.24) is 9.78 Å². The van der Waals surface area contributed by atoms with Gasteiger partial charge in [0.1, 0.15) is 0 Å². The highest BCUT2D eigenvalue weighted by atomic mass is 16.2. The van der Waals surface area contributed by atoms with Crippen molar-refractivity contribution in [3.05, 3.63) is 58.9 Å². The van der Waals surface area contributed by atoms with Gasteiger partial charge < -0.3 is 0 Å². The van der Waals surface area contributed by atoms with Crippen LogP contribution in [0.2, 0.25) is 0 Å². The van der Waals surface area contributed by atoms with Gasteiger partial charge in [-0.1, -0.05) is 29.8 Å². The lowest BCUT2D eigenvalue weighted by Gasteiger charge is -1.98. The Morgan fingerprint density at radius 3 is 2.39 bits per heavy atom. The second-order valence-corrected chi connectivity index (χ2v) is 4.42. The number of aromatic nitrogens is 2. The van der Waals surface area contributed by atoms with E-state index in [-0.39, 0.29) is 5.91 Å². The molecule has 0 N–H and O–H groups in total. The normalized spacial score (nSPS) is 11.1. The minimum atomic E-state index is -0.124. The van der Waals surface area contributed by atoms with Crippen molar-refractivity contribution in [1.29, 1.82) is 0 Å². The smallest absolute Gasteiger partial charge is 0.267 e. The molecule has 3 nitrogen and oxygen atoms in total. The molecule has 0 bridgehead atoms. The topological polar surface area (TPSA) is 34.9 Å². The quantitative estimate of drug-likeness (QED) is 0.756. The van der Waals surface area contributed by atoms with Crippen LogP contribution in [-0.2, 0) is 0 Å². The van der Waals surface area contributed by atoms with Crippen LogP contribution in [0.4, 0.5) is 0 Å². The van der Waals surface area contributed by atoms with E-state index in [0.29, 0.717) is 0 Å². The zero-order chi connectivity index (χ0) is 13.1. The Morgan fingerprint density at radius 1 is 1.17 bits per heavy atom. The molecule has 0 aliphatic carbocycles. The van der Waals surface area contributed by atoms with E-state index in [1.165, 1.54) is 10.2 Å². The molecule has 0 unspecified atom stereocenters. The third-order valence-electron chi connectivity index (χ3n) is 2.71. The molecule has 2 rings (SSSR count). The van der Waals surface area contributed by atoms with Crippen LogP contribution >= 0.6 is 0 Å². The summed E-state index contributed by atoms with van der Waals surface area (Å²) >= 11 is 0. The van der Waals surface area contributed by atoms with Crippen molar-refractivity contribution in [3.8, 4) is 0 Å². The van der Waals surface area contributed by atoms with Gasteiger partial charge in [0, 0.05) is 11.8 Å². The van der Waals surface area contributed by atoms with Gasteiger partial charge in [-0.05, 0) is 38.5 Å². The van der Waals surface area contributed by atoms with Crippen LogP contribution in [0.1, 0.15) is 27.3 Å². The van der Waals surface area contributed by atoms with Crippen molar-refractivity contribution in [3.63, 3.8) is 0 Å². The van der Waals surface area contributed by atoms with Gasteiger partial charge in [-0.2, -0.15) is 5.10 Å². The Labute approximate surface area is 107 Å². The van der Waals surface area contributed by atoms with E-state index in [0.717, 1.165) is 17.0 Å². The van der Waals surface area contributed by atoms with Crippen LogP contribution in [-0.4, -0.2) is 15.7 Å². The second-order valence-electron chi connectivity index (χ2n) is 4.42. The van der Waals surface area contributed by atoms with Gasteiger partial charge in [0.05, 0.1) is 5.69 Å². The highest BCUT2D eigenvalue weighted by Gasteiger charge is 2.06. The molecule has 0 saturated carbocycles. The van der Waals surface area contributed by atoms with Crippen LogP contribution in [0, 0.1) is 20.8 Å². The molecule has 0 aliphatic rings. The van der Waals surface area contributed by atoms with E-state index >= 15 is 0 Å². The number of aryl methyl sites for hydroxylation is 3. The van der Waals surface area contributed by atoms with Crippen LogP contribution < -0.4 is 0 Å². The van der Waals surface area contributed by atoms with Crippen molar-refractivity contribution in [2.75, 3.05) is 0 Å². The highest BCUT2D eigenvalue weighted by Crippen LogP contribution is 2.06. The van der Waals surface area contributed by atoms with E-state index in [4.69, 9.17) is 0 Å². The number of hydrogen-bond donors (Lipinski definition) is 0. The molecule has 0 fully saturated rings. The van der Waals surface area contributed by atoms with Crippen LogP contribution in [0.3, 0.4) is 0 Å². The summed E-state index contributed by atoms with van der Waals surface area (Å²) in [4.78, 5) is 11.9. The summed E-state index contributed by atoms with van der Waals surface area (Å²) in [6.07, 6.45) is 3.35. The molecule has 1 aromatic heterocycles. The fourth-order valence-corrected chi connectivity index (χ4v) is 1.77. The lowest BCUT2D eigenvalue weighted by Crippen LogP contribution is -2.10. The van der Waals surface area contributed by atoms with Crippen molar-refractivity contribution >= 4 is 12.0 Å². The molecule has 0 radical (unpaired) electrons. The average Bonchev–Trinajstić information content (AvgIpc) is 2.67. The number of benzene rings is 1. The summed E-state index contributed by atoms with van der Waals surface area (Å²) in [7, 11) is 0. The van der Waals surface area contributed by atoms with Gasteiger partial charge in [0.25, 0.3) is 5.91 Å². The zero-order valence-corrected chi connectivity index (χ0v) is 10.8. The number of hydrogen-bond acceptors (Lipinski definition) is 2. The molecule has 0 saturated heterocycles. The Balaban J connectivity index is 2.16. The van der Waals surface area contributed by atoms with E-state index in [2.05, 4.69) is 5.10 Å². The van der Waals surface area contributed by atoms with E-state index in [1.54, 1.807) is 12.2 Å². The van der Waals surface area contributed by atoms with Crippen LogP contribution in [0.15, 0.2) is 36.4 Å². The van der Waals surface area contributed by atoms with Gasteiger partial charge in [-0.25, -0.2) is 4.68 Å². The largest absolute Gasteiger partial charge is 0.271 e. The van der Waals surface area contributed by atoms with Crippen molar-refractivity contribution in [2.24, 2.45) is 0 Å². The van der Waals surface area contributed by atoms with Crippen molar-refractivity contribution in [2.45, 2.75) is 20.8 Å². The van der Waals surface area contributed by atoms with Gasteiger partial charge in [0.15, 0.2) is 0 Å². The number of allylic oxidation sites excluding steroid dienone is 1. The highest BCUT2D eigenvalue weighted by molar-refractivity contribution is 5.93. The maximum Gasteiger partial charge on any atom is 0.271 e. The van der Waals surface area contributed by atoms with Gasteiger partial charge in [-0.3, -0.25) is 4.79 Å². The zero-order valence-electron chi connectivity index (χ0n) is 10.8. The number of carbonyl (C=O) groups is 1. The number of nitrogens with zero attached hydrogens (tertiary/aromatic N) is 2. The van der Waals surface area contributed by atoms with E-state index in [9.17, 15) is 4.79 Å². The lowest BCUT2D eigenvalue weighted by molar-refractivity contribution is 0.0952. The maximum atomic E-state index is 11.9. The average molecular weight is 240 g/mol. The van der Waals surface area contributed by atoms with Gasteiger partial charge in [-0.15, -0.1) is 0 Å². The Kier molecular flexibility index (Phi) is 3.42. The molecule has 0 spiro atoms. The Hall–Kier alpha value is -2.16. The summed E-state index contributed by atoms with van der Waals surface area (Å²) in [5.74, 6) is -0.124. The molecule has 18 heavy (non-hydrogen) atoms. The maximum absolute atomic E-state index is 11.9. The first-order valence-electron chi connectivity index (χ1n) is 5.88. The first kappa shape index (κ1) is 12.3. The summed E-state index contributed by atoms with van der Waals surface area (Å²) in [5, 5.41) is 4.15. The molecule has 1 aromatic carbocycles. The van der Waals surface area contributed by atoms with Gasteiger partial charge >= 0.3 is 0 Å². The van der Waals surface area contributed by atoms with Gasteiger partial charge in [0.2, 0.25) is 0 Å². The van der Waals surface area contributed by atoms with Crippen LogP contribution in [0.25, 0.3) is 6.08 Å². The molecular formula is C15H16N2O. The number of carbonyl (C=O) groups excluding carboxylic acids is 1. The Bertz CT molecular complexity index is 591. The summed E-state index contributed by atoms with van der Waals surface area (Å²) < 4.78 is 1.42. The molecular weight excluding hydrogens is 224 g/mol. The van der Waals surface area contributed by atoms with E-state index in [1.807, 2.05) is 51.1 Å². The first-order valence-corrected chi connectivity index (χ1v) is 5.88. The fourth-order valence-electron chi connectivity index (χ4n) is 1.77. The fraction of sp³-hybridized carbons (Fsp3) is 0.200. The molecule has 1 heterocycles. The molecule has 0 aliphatic heterocycles. The van der Waals surface area contributed by atoms with Crippen molar-refractivity contribution < 1.29 is 4.79 Å². The molecule has 3 heteroatoms. The predicted molar refractivity (Wildman–Crippen MR) is 72.5 cm³/mol. The molecule has 2 aromatic rings. The third-order valence-corrected chi connectivity index (χ3v) is 2.71. The molecule has 0 amide bonds.